The fraction of sp³-hybridized carbons (Fsp3) is 0.647. The number of benzene rings is 1. The molecule has 132 valence electrons. The maximum absolute atomic E-state index is 13.5. The van der Waals surface area contributed by atoms with Gasteiger partial charge in [-0.25, -0.2) is 5.21 Å². The van der Waals surface area contributed by atoms with Crippen molar-refractivity contribution in [3.8, 4) is 0 Å². The van der Waals surface area contributed by atoms with E-state index in [0.29, 0.717) is 0 Å². The van der Waals surface area contributed by atoms with Gasteiger partial charge in [-0.3, -0.25) is 9.05 Å². The van der Waals surface area contributed by atoms with Gasteiger partial charge < -0.3 is 0 Å². The van der Waals surface area contributed by atoms with Gasteiger partial charge in [0.1, 0.15) is 6.04 Å². The van der Waals surface area contributed by atoms with E-state index in [1.807, 2.05) is 58.0 Å². The molecule has 0 fully saturated rings. The minimum atomic E-state index is -3.78. The summed E-state index contributed by atoms with van der Waals surface area (Å²) in [5, 5.41) is 11.6. The Bertz CT molecular complexity index is 511. The standard InChI is InChI=1S/C17H31NO4P/c1-7-21-23(20,22-8-2)18(19,15(5)6)17(14(3)4)16-12-10-9-11-13-16/h9-15,17,19H,7-8H2,1-6H3/q+1. The topological polar surface area (TPSA) is 55.8 Å². The lowest BCUT2D eigenvalue weighted by molar-refractivity contribution is -1.06. The van der Waals surface area contributed by atoms with E-state index < -0.39 is 18.2 Å². The van der Waals surface area contributed by atoms with Crippen LogP contribution in [-0.4, -0.2) is 28.9 Å². The monoisotopic (exact) mass is 344 g/mol. The molecule has 0 saturated carbocycles. The summed E-state index contributed by atoms with van der Waals surface area (Å²) in [4.78, 5) is 0. The minimum absolute atomic E-state index is 0.0408. The number of hydrogen-bond acceptors (Lipinski definition) is 4. The number of quaternary nitrogens is 1. The Hall–Kier alpha value is -0.710. The molecule has 0 radical (unpaired) electrons. The van der Waals surface area contributed by atoms with Crippen molar-refractivity contribution in [2.75, 3.05) is 13.2 Å². The molecular weight excluding hydrogens is 313 g/mol. The van der Waals surface area contributed by atoms with Crippen LogP contribution in [0.5, 0.6) is 0 Å². The molecule has 1 aromatic rings. The third-order valence-electron chi connectivity index (χ3n) is 3.92. The van der Waals surface area contributed by atoms with E-state index >= 15 is 0 Å². The average molecular weight is 344 g/mol. The molecule has 2 unspecified atom stereocenters. The van der Waals surface area contributed by atoms with E-state index in [4.69, 9.17) is 9.05 Å². The summed E-state index contributed by atoms with van der Waals surface area (Å²) in [6.45, 7) is 11.6. The summed E-state index contributed by atoms with van der Waals surface area (Å²) in [7, 11) is -3.78. The van der Waals surface area contributed by atoms with E-state index in [2.05, 4.69) is 0 Å². The molecule has 5 nitrogen and oxygen atoms in total. The summed E-state index contributed by atoms with van der Waals surface area (Å²) < 4.78 is 23.7. The molecule has 0 aromatic heterocycles. The summed E-state index contributed by atoms with van der Waals surface area (Å²) in [5.74, 6) is 0.0408. The van der Waals surface area contributed by atoms with Crippen molar-refractivity contribution in [2.45, 2.75) is 53.6 Å². The van der Waals surface area contributed by atoms with Crippen LogP contribution in [0.2, 0.25) is 0 Å². The second-order valence-corrected chi connectivity index (χ2v) is 8.29. The van der Waals surface area contributed by atoms with E-state index in [-0.39, 0.29) is 25.2 Å². The lowest BCUT2D eigenvalue weighted by Crippen LogP contribution is -2.52. The maximum atomic E-state index is 13.5. The van der Waals surface area contributed by atoms with Crippen molar-refractivity contribution in [3.63, 3.8) is 0 Å². The zero-order valence-corrected chi connectivity index (χ0v) is 16.0. The highest BCUT2D eigenvalue weighted by Gasteiger charge is 2.59. The van der Waals surface area contributed by atoms with Crippen molar-refractivity contribution >= 4 is 7.75 Å². The van der Waals surface area contributed by atoms with Gasteiger partial charge in [0, 0.05) is 11.5 Å². The molecule has 1 N–H and O–H groups in total. The summed E-state index contributed by atoms with van der Waals surface area (Å²) in [6.07, 6.45) is 0. The van der Waals surface area contributed by atoms with Crippen molar-refractivity contribution in [2.24, 2.45) is 5.92 Å². The van der Waals surface area contributed by atoms with Crippen molar-refractivity contribution in [1.82, 2.24) is 0 Å². The third-order valence-corrected chi connectivity index (χ3v) is 6.58. The molecule has 1 rings (SSSR count). The fourth-order valence-corrected chi connectivity index (χ4v) is 5.37. The zero-order chi connectivity index (χ0) is 17.7. The smallest absolute Gasteiger partial charge is 0.261 e. The van der Waals surface area contributed by atoms with E-state index in [9.17, 15) is 9.77 Å². The van der Waals surface area contributed by atoms with Crippen LogP contribution in [0, 0.1) is 5.92 Å². The second-order valence-electron chi connectivity index (χ2n) is 6.20. The van der Waals surface area contributed by atoms with Crippen LogP contribution in [0.25, 0.3) is 0 Å². The van der Waals surface area contributed by atoms with Gasteiger partial charge in [-0.05, 0) is 27.7 Å². The molecule has 0 heterocycles. The first-order valence-electron chi connectivity index (χ1n) is 8.30. The van der Waals surface area contributed by atoms with Crippen LogP contribution in [0.4, 0.5) is 0 Å². The van der Waals surface area contributed by atoms with Gasteiger partial charge >= 0.3 is 7.75 Å². The molecule has 0 spiro atoms. The average Bonchev–Trinajstić information content (AvgIpc) is 2.48. The number of hydrogen-bond donors (Lipinski definition) is 1. The van der Waals surface area contributed by atoms with Gasteiger partial charge in [0.25, 0.3) is 0 Å². The van der Waals surface area contributed by atoms with Gasteiger partial charge in [-0.1, -0.05) is 48.6 Å². The van der Waals surface area contributed by atoms with Gasteiger partial charge in [-0.2, -0.15) is 4.57 Å². The highest BCUT2D eigenvalue weighted by molar-refractivity contribution is 7.47. The van der Waals surface area contributed by atoms with Gasteiger partial charge in [0.05, 0.1) is 13.2 Å². The van der Waals surface area contributed by atoms with Crippen molar-refractivity contribution in [1.29, 1.82) is 0 Å². The molecule has 1 aromatic carbocycles. The second kappa shape index (κ2) is 8.41. The zero-order valence-electron chi connectivity index (χ0n) is 15.1. The highest BCUT2D eigenvalue weighted by atomic mass is 31.2. The molecule has 0 aliphatic carbocycles. The van der Waals surface area contributed by atoms with Gasteiger partial charge in [0.15, 0.2) is 6.04 Å². The molecule has 2 atom stereocenters. The molecule has 6 heteroatoms. The maximum Gasteiger partial charge on any atom is 0.564 e. The fourth-order valence-electron chi connectivity index (χ4n) is 3.00. The SMILES string of the molecule is CCOP(=O)(OCC)[N+](O)(C(C)C)C(c1ccccc1)C(C)C. The predicted octanol–water partition coefficient (Wildman–Crippen LogP) is 5.18. The number of rotatable bonds is 9. The Morgan fingerprint density at radius 2 is 1.52 bits per heavy atom. The van der Waals surface area contributed by atoms with Crippen LogP contribution < -0.4 is 0 Å². The first-order valence-corrected chi connectivity index (χ1v) is 9.79. The number of hydroxylamine groups is 2. The van der Waals surface area contributed by atoms with Crippen LogP contribution in [-0.2, 0) is 13.6 Å². The van der Waals surface area contributed by atoms with Crippen LogP contribution in [0.15, 0.2) is 30.3 Å². The molecular formula is C17H31NO4P+. The normalized spacial score (nSPS) is 16.6. The Kier molecular flexibility index (Phi) is 7.43. The van der Waals surface area contributed by atoms with Gasteiger partial charge in [-0.15, -0.1) is 0 Å². The third kappa shape index (κ3) is 4.04. The quantitative estimate of drug-likeness (QED) is 0.495. The summed E-state index contributed by atoms with van der Waals surface area (Å²) >= 11 is 0. The van der Waals surface area contributed by atoms with E-state index in [0.717, 1.165) is 5.56 Å². The van der Waals surface area contributed by atoms with E-state index in [1.54, 1.807) is 13.8 Å². The van der Waals surface area contributed by atoms with E-state index in [1.165, 1.54) is 0 Å². The van der Waals surface area contributed by atoms with Crippen LogP contribution in [0.3, 0.4) is 0 Å². The first-order chi connectivity index (χ1) is 10.7. The van der Waals surface area contributed by atoms with Crippen molar-refractivity contribution in [3.05, 3.63) is 35.9 Å². The molecule has 0 bridgehead atoms. The Morgan fingerprint density at radius 1 is 1.04 bits per heavy atom. The largest absolute Gasteiger partial charge is 0.564 e. The molecule has 0 aliphatic rings. The predicted molar refractivity (Wildman–Crippen MR) is 92.1 cm³/mol. The summed E-state index contributed by atoms with van der Waals surface area (Å²) in [5.41, 5.74) is 0.915. The Morgan fingerprint density at radius 3 is 1.87 bits per heavy atom. The van der Waals surface area contributed by atoms with Crippen LogP contribution >= 0.6 is 7.75 Å². The molecule has 0 aliphatic heterocycles. The molecule has 0 amide bonds. The van der Waals surface area contributed by atoms with Crippen LogP contribution in [0.1, 0.15) is 53.1 Å². The summed E-state index contributed by atoms with van der Waals surface area (Å²) in [6, 6.07) is 8.87. The molecule has 0 saturated heterocycles. The highest BCUT2D eigenvalue weighted by Crippen LogP contribution is 2.63. The number of nitrogens with zero attached hydrogens (tertiary/aromatic N) is 1. The first kappa shape index (κ1) is 20.3. The molecule has 23 heavy (non-hydrogen) atoms. The van der Waals surface area contributed by atoms with Crippen molar-refractivity contribution < 1.29 is 23.2 Å². The Balaban J connectivity index is 3.53. The lowest BCUT2D eigenvalue weighted by atomic mass is 9.95. The minimum Gasteiger partial charge on any atom is -0.261 e. The Labute approximate surface area is 140 Å². The van der Waals surface area contributed by atoms with Gasteiger partial charge in [0.2, 0.25) is 0 Å². The lowest BCUT2D eigenvalue weighted by Gasteiger charge is -2.44.